The highest BCUT2D eigenvalue weighted by molar-refractivity contribution is 5.99. The predicted molar refractivity (Wildman–Crippen MR) is 135 cm³/mol. The normalized spacial score (nSPS) is 18.5. The first-order chi connectivity index (χ1) is 17.5. The molecule has 2 aliphatic heterocycles. The Kier molecular flexibility index (Phi) is 6.93. The summed E-state index contributed by atoms with van der Waals surface area (Å²) in [7, 11) is 3.12. The lowest BCUT2D eigenvalue weighted by molar-refractivity contribution is -0.133. The van der Waals surface area contributed by atoms with Gasteiger partial charge in [0.15, 0.2) is 0 Å². The van der Waals surface area contributed by atoms with E-state index < -0.39 is 0 Å². The minimum absolute atomic E-state index is 0.0263. The number of aromatic amines is 1. The van der Waals surface area contributed by atoms with Crippen LogP contribution in [0.1, 0.15) is 25.0 Å². The quantitative estimate of drug-likeness (QED) is 0.523. The van der Waals surface area contributed by atoms with Gasteiger partial charge in [0.2, 0.25) is 5.91 Å². The predicted octanol–water partition coefficient (Wildman–Crippen LogP) is 3.46. The average Bonchev–Trinajstić information content (AvgIpc) is 3.55. The van der Waals surface area contributed by atoms with E-state index in [0.717, 1.165) is 49.0 Å². The number of carbonyl (C=O) groups excluding carboxylic acids is 1. The highest BCUT2D eigenvalue weighted by Gasteiger charge is 2.29. The molecule has 0 unspecified atom stereocenters. The van der Waals surface area contributed by atoms with Gasteiger partial charge in [0.05, 0.1) is 39.6 Å². The minimum Gasteiger partial charge on any atom is -0.496 e. The number of aliphatic hydroxyl groups excluding tert-OH is 1. The summed E-state index contributed by atoms with van der Waals surface area (Å²) < 4.78 is 25.3. The van der Waals surface area contributed by atoms with Crippen LogP contribution in [0, 0.1) is 5.82 Å². The molecule has 8 nitrogen and oxygen atoms in total. The minimum atomic E-state index is -0.363. The van der Waals surface area contributed by atoms with Gasteiger partial charge in [-0.1, -0.05) is 6.08 Å². The van der Waals surface area contributed by atoms with Gasteiger partial charge in [-0.15, -0.1) is 0 Å². The molecule has 2 N–H and O–H groups in total. The van der Waals surface area contributed by atoms with Crippen LogP contribution in [-0.2, 0) is 4.79 Å². The third-order valence-corrected chi connectivity index (χ3v) is 7.18. The Morgan fingerprint density at radius 1 is 1.22 bits per heavy atom. The Morgan fingerprint density at radius 3 is 2.78 bits per heavy atom. The molecule has 3 aromatic rings. The second kappa shape index (κ2) is 10.3. The zero-order valence-corrected chi connectivity index (χ0v) is 20.6. The number of nitrogens with one attached hydrogen (secondary N) is 1. The number of rotatable bonds is 7. The highest BCUT2D eigenvalue weighted by Crippen LogP contribution is 2.42. The second-order valence-corrected chi connectivity index (χ2v) is 9.27. The first-order valence-corrected chi connectivity index (χ1v) is 12.2. The van der Waals surface area contributed by atoms with E-state index in [1.807, 2.05) is 11.0 Å². The van der Waals surface area contributed by atoms with E-state index >= 15 is 0 Å². The molecule has 2 aromatic heterocycles. The van der Waals surface area contributed by atoms with Crippen LogP contribution in [0.15, 0.2) is 36.5 Å². The van der Waals surface area contributed by atoms with Crippen molar-refractivity contribution >= 4 is 22.5 Å². The largest absolute Gasteiger partial charge is 0.496 e. The van der Waals surface area contributed by atoms with Crippen LogP contribution in [0.5, 0.6) is 11.5 Å². The van der Waals surface area contributed by atoms with Crippen LogP contribution >= 0.6 is 0 Å². The molecular weight excluding hydrogens is 463 g/mol. The van der Waals surface area contributed by atoms with E-state index in [9.17, 15) is 14.3 Å². The average molecular weight is 495 g/mol. The smallest absolute Gasteiger partial charge is 0.237 e. The molecule has 190 valence electrons. The molecule has 0 aliphatic carbocycles. The van der Waals surface area contributed by atoms with Crippen LogP contribution in [0.2, 0.25) is 0 Å². The summed E-state index contributed by atoms with van der Waals surface area (Å²) in [6, 6.07) is 6.39. The van der Waals surface area contributed by atoms with Crippen molar-refractivity contribution in [2.45, 2.75) is 25.3 Å². The van der Waals surface area contributed by atoms with Gasteiger partial charge in [0.25, 0.3) is 0 Å². The Morgan fingerprint density at radius 2 is 2.06 bits per heavy atom. The standard InChI is InChI=1S/C27H31FN4O4/c1-35-23-6-5-18(28)12-20(23)26-21-13-22(30-27(21)29-14-24(26)36-2)17-7-10-31(11-8-17)15-25(34)32-9-3-4-19(32)16-33/h5-7,12-14,19,33H,3-4,8-11,15-16H2,1-2H3,(H,29,30)/t19-/m0/s1. The van der Waals surface area contributed by atoms with Gasteiger partial charge in [-0.05, 0) is 49.1 Å². The zero-order chi connectivity index (χ0) is 25.2. The number of hydrogen-bond acceptors (Lipinski definition) is 6. The van der Waals surface area contributed by atoms with Crippen molar-refractivity contribution < 1.29 is 23.8 Å². The SMILES string of the molecule is COc1ccc(F)cc1-c1c(OC)cnc2[nH]c(C3=CCN(CC(=O)N4CCC[C@H]4CO)CC3)cc12. The number of fused-ring (bicyclic) bond motifs is 1. The Hall–Kier alpha value is -3.43. The van der Waals surface area contributed by atoms with Crippen molar-refractivity contribution in [3.8, 4) is 22.6 Å². The third-order valence-electron chi connectivity index (χ3n) is 7.18. The molecule has 0 spiro atoms. The molecule has 5 rings (SSSR count). The van der Waals surface area contributed by atoms with Crippen molar-refractivity contribution in [3.63, 3.8) is 0 Å². The number of benzene rings is 1. The lowest BCUT2D eigenvalue weighted by atomic mass is 10.00. The Balaban J connectivity index is 1.40. The number of nitrogens with zero attached hydrogens (tertiary/aromatic N) is 3. The van der Waals surface area contributed by atoms with Crippen LogP contribution in [0.3, 0.4) is 0 Å². The number of aliphatic hydroxyl groups is 1. The first-order valence-electron chi connectivity index (χ1n) is 12.2. The van der Waals surface area contributed by atoms with Crippen molar-refractivity contribution in [2.24, 2.45) is 0 Å². The van der Waals surface area contributed by atoms with Gasteiger partial charge in [-0.25, -0.2) is 9.37 Å². The fourth-order valence-electron chi connectivity index (χ4n) is 5.27. The van der Waals surface area contributed by atoms with E-state index in [4.69, 9.17) is 9.47 Å². The van der Waals surface area contributed by atoms with E-state index in [0.29, 0.717) is 41.4 Å². The molecule has 0 radical (unpaired) electrons. The first kappa shape index (κ1) is 24.3. The Labute approximate surface area is 209 Å². The summed E-state index contributed by atoms with van der Waals surface area (Å²) >= 11 is 0. The van der Waals surface area contributed by atoms with Gasteiger partial charge in [0, 0.05) is 41.8 Å². The highest BCUT2D eigenvalue weighted by atomic mass is 19.1. The summed E-state index contributed by atoms with van der Waals surface area (Å²) in [5.41, 5.74) is 4.07. The van der Waals surface area contributed by atoms with Gasteiger partial charge in [0.1, 0.15) is 23.0 Å². The topological polar surface area (TPSA) is 90.9 Å². The lowest BCUT2D eigenvalue weighted by Gasteiger charge is -2.29. The number of hydrogen-bond donors (Lipinski definition) is 2. The number of methoxy groups -OCH3 is 2. The monoisotopic (exact) mass is 494 g/mol. The molecular formula is C27H31FN4O4. The molecule has 0 saturated carbocycles. The van der Waals surface area contributed by atoms with E-state index in [2.05, 4.69) is 20.9 Å². The summed E-state index contributed by atoms with van der Waals surface area (Å²) in [6.07, 6.45) is 6.36. The molecule has 4 heterocycles. The molecule has 9 heteroatoms. The maximum atomic E-state index is 14.2. The lowest BCUT2D eigenvalue weighted by Crippen LogP contribution is -2.44. The number of pyridine rings is 1. The fraction of sp³-hybridized carbons (Fsp3) is 0.407. The molecule has 2 aliphatic rings. The number of carbonyl (C=O) groups is 1. The van der Waals surface area contributed by atoms with E-state index in [1.54, 1.807) is 26.5 Å². The van der Waals surface area contributed by atoms with Gasteiger partial charge in [-0.2, -0.15) is 0 Å². The molecule has 1 saturated heterocycles. The Bertz CT molecular complexity index is 1300. The van der Waals surface area contributed by atoms with Gasteiger partial charge in [-0.3, -0.25) is 9.69 Å². The second-order valence-electron chi connectivity index (χ2n) is 9.27. The van der Waals surface area contributed by atoms with Crippen LogP contribution in [0.25, 0.3) is 27.7 Å². The molecule has 0 bridgehead atoms. The van der Waals surface area contributed by atoms with Crippen molar-refractivity contribution in [1.82, 2.24) is 19.8 Å². The summed E-state index contributed by atoms with van der Waals surface area (Å²) in [6.45, 7) is 2.53. The molecule has 1 fully saturated rings. The molecule has 1 aromatic carbocycles. The number of halogens is 1. The summed E-state index contributed by atoms with van der Waals surface area (Å²) in [4.78, 5) is 24.6. The zero-order valence-electron chi connectivity index (χ0n) is 20.6. The number of amides is 1. The summed E-state index contributed by atoms with van der Waals surface area (Å²) in [5, 5.41) is 10.3. The number of aromatic nitrogens is 2. The van der Waals surface area contributed by atoms with Crippen molar-refractivity contribution in [1.29, 1.82) is 0 Å². The third kappa shape index (κ3) is 4.56. The van der Waals surface area contributed by atoms with Crippen molar-refractivity contribution in [2.75, 3.05) is 47.0 Å². The molecule has 1 amide bonds. The number of likely N-dealkylation sites (tertiary alicyclic amines) is 1. The molecule has 36 heavy (non-hydrogen) atoms. The maximum Gasteiger partial charge on any atom is 0.237 e. The number of ether oxygens (including phenoxy) is 2. The van der Waals surface area contributed by atoms with Crippen LogP contribution < -0.4 is 9.47 Å². The van der Waals surface area contributed by atoms with Crippen molar-refractivity contribution in [3.05, 3.63) is 48.0 Å². The van der Waals surface area contributed by atoms with Gasteiger partial charge >= 0.3 is 0 Å². The molecule has 1 atom stereocenters. The fourth-order valence-corrected chi connectivity index (χ4v) is 5.27. The van der Waals surface area contributed by atoms with Gasteiger partial charge < -0.3 is 24.5 Å². The summed E-state index contributed by atoms with van der Waals surface area (Å²) in [5.74, 6) is 0.794. The van der Waals surface area contributed by atoms with E-state index in [1.165, 1.54) is 12.1 Å². The van der Waals surface area contributed by atoms with Crippen LogP contribution in [0.4, 0.5) is 4.39 Å². The number of H-pyrrole nitrogens is 1. The maximum absolute atomic E-state index is 14.2. The van der Waals surface area contributed by atoms with E-state index in [-0.39, 0.29) is 24.4 Å². The van der Waals surface area contributed by atoms with Crippen LogP contribution in [-0.4, -0.2) is 83.8 Å².